The lowest BCUT2D eigenvalue weighted by Gasteiger charge is -2.13. The lowest BCUT2D eigenvalue weighted by molar-refractivity contribution is 0.324. The molecule has 0 atom stereocenters. The molecule has 0 aliphatic carbocycles. The van der Waals surface area contributed by atoms with Crippen molar-refractivity contribution in [2.45, 2.75) is 0 Å². The van der Waals surface area contributed by atoms with Crippen LogP contribution < -0.4 is 23.7 Å². The molecule has 0 saturated carbocycles. The Morgan fingerprint density at radius 2 is 1.22 bits per heavy atom. The molecular weight excluding hydrogens is 474 g/mol. The van der Waals surface area contributed by atoms with Crippen molar-refractivity contribution in [1.29, 1.82) is 0 Å². The van der Waals surface area contributed by atoms with Crippen LogP contribution in [0.5, 0.6) is 28.7 Å². The first-order valence-electron chi connectivity index (χ1n) is 11.3. The molecule has 2 heterocycles. The molecule has 0 aliphatic heterocycles. The van der Waals surface area contributed by atoms with Crippen molar-refractivity contribution in [2.24, 2.45) is 0 Å². The minimum atomic E-state index is 0.457. The maximum atomic E-state index is 5.57. The molecule has 37 heavy (non-hydrogen) atoms. The van der Waals surface area contributed by atoms with Gasteiger partial charge in [-0.1, -0.05) is 0 Å². The summed E-state index contributed by atoms with van der Waals surface area (Å²) in [6.07, 6.45) is 0. The zero-order valence-electron chi connectivity index (χ0n) is 21.1. The van der Waals surface area contributed by atoms with Gasteiger partial charge < -0.3 is 23.7 Å². The molecule has 0 unspecified atom stereocenters. The van der Waals surface area contributed by atoms with Gasteiger partial charge in [-0.3, -0.25) is 0 Å². The van der Waals surface area contributed by atoms with Crippen molar-refractivity contribution in [3.8, 4) is 57.1 Å². The highest BCUT2D eigenvalue weighted by Gasteiger charge is 2.22. The molecule has 3 aromatic carbocycles. The van der Waals surface area contributed by atoms with E-state index in [0.717, 1.165) is 22.7 Å². The quantitative estimate of drug-likeness (QED) is 0.303. The van der Waals surface area contributed by atoms with Crippen LogP contribution >= 0.6 is 0 Å². The molecule has 0 saturated heterocycles. The summed E-state index contributed by atoms with van der Waals surface area (Å²) >= 11 is 0. The van der Waals surface area contributed by atoms with Gasteiger partial charge in [0.1, 0.15) is 22.7 Å². The van der Waals surface area contributed by atoms with Crippen LogP contribution in [0.15, 0.2) is 60.7 Å². The Labute approximate surface area is 213 Å². The number of ether oxygens (including phenoxy) is 5. The number of benzene rings is 3. The first kappa shape index (κ1) is 23.9. The van der Waals surface area contributed by atoms with Gasteiger partial charge in [-0.05, 0) is 60.7 Å². The minimum absolute atomic E-state index is 0.457. The van der Waals surface area contributed by atoms with Crippen LogP contribution in [0, 0.1) is 0 Å². The van der Waals surface area contributed by atoms with E-state index in [9.17, 15) is 0 Å². The molecule has 188 valence electrons. The number of hydrogen-bond donors (Lipinski definition) is 0. The summed E-state index contributed by atoms with van der Waals surface area (Å²) in [7, 11) is 7.95. The van der Waals surface area contributed by atoms with E-state index in [1.807, 2.05) is 60.7 Å². The standard InChI is InChI=1S/C27H25N5O5/c1-33-19-10-6-16(7-11-19)26-28-24-23(17-14-21(35-3)25(37-5)22(15-17)36-4)31-32(27(24)30-29-26)18-8-12-20(34-2)13-9-18/h6-15H,1-5H3. The molecule has 0 spiro atoms. The number of rotatable bonds is 8. The smallest absolute Gasteiger partial charge is 0.204 e. The molecule has 10 nitrogen and oxygen atoms in total. The second-order valence-corrected chi connectivity index (χ2v) is 7.91. The second-order valence-electron chi connectivity index (χ2n) is 7.91. The van der Waals surface area contributed by atoms with Crippen LogP contribution in [-0.2, 0) is 0 Å². The van der Waals surface area contributed by atoms with Crippen molar-refractivity contribution < 1.29 is 23.7 Å². The Hall–Kier alpha value is -4.86. The number of fused-ring (bicyclic) bond motifs is 1. The third-order valence-electron chi connectivity index (χ3n) is 5.90. The predicted molar refractivity (Wildman–Crippen MR) is 138 cm³/mol. The number of nitrogens with zero attached hydrogens (tertiary/aromatic N) is 5. The first-order valence-corrected chi connectivity index (χ1v) is 11.3. The maximum Gasteiger partial charge on any atom is 0.204 e. The van der Waals surface area contributed by atoms with Crippen LogP contribution in [0.3, 0.4) is 0 Å². The summed E-state index contributed by atoms with van der Waals surface area (Å²) < 4.78 is 28.9. The van der Waals surface area contributed by atoms with Crippen molar-refractivity contribution in [2.75, 3.05) is 35.5 Å². The Morgan fingerprint density at radius 3 is 1.76 bits per heavy atom. The van der Waals surface area contributed by atoms with Crippen LogP contribution in [0.4, 0.5) is 0 Å². The van der Waals surface area contributed by atoms with Gasteiger partial charge in [0.2, 0.25) is 11.4 Å². The van der Waals surface area contributed by atoms with Crippen LogP contribution in [-0.4, -0.2) is 60.5 Å². The fourth-order valence-corrected chi connectivity index (χ4v) is 3.99. The third-order valence-corrected chi connectivity index (χ3v) is 5.90. The van der Waals surface area contributed by atoms with Gasteiger partial charge in [-0.25, -0.2) is 9.67 Å². The lowest BCUT2D eigenvalue weighted by atomic mass is 10.1. The summed E-state index contributed by atoms with van der Waals surface area (Å²) in [6.45, 7) is 0. The zero-order chi connectivity index (χ0) is 25.9. The summed E-state index contributed by atoms with van der Waals surface area (Å²) in [5.41, 5.74) is 3.92. The summed E-state index contributed by atoms with van der Waals surface area (Å²) in [6, 6.07) is 18.6. The average molecular weight is 500 g/mol. The molecule has 0 fully saturated rings. The maximum absolute atomic E-state index is 5.57. The second kappa shape index (κ2) is 10.0. The van der Waals surface area contributed by atoms with E-state index in [1.54, 1.807) is 40.2 Å². The molecule has 5 rings (SSSR count). The Morgan fingerprint density at radius 1 is 0.622 bits per heavy atom. The zero-order valence-corrected chi connectivity index (χ0v) is 21.1. The SMILES string of the molecule is COc1ccc(-c2nnc3c(n2)c(-c2cc(OC)c(OC)c(OC)c2)nn3-c2ccc(OC)cc2)cc1. The molecule has 0 amide bonds. The van der Waals surface area contributed by atoms with Gasteiger partial charge >= 0.3 is 0 Å². The molecule has 0 radical (unpaired) electrons. The van der Waals surface area contributed by atoms with Gasteiger partial charge in [-0.15, -0.1) is 10.2 Å². The number of methoxy groups -OCH3 is 5. The van der Waals surface area contributed by atoms with E-state index in [1.165, 1.54) is 0 Å². The highest BCUT2D eigenvalue weighted by atomic mass is 16.5. The van der Waals surface area contributed by atoms with Gasteiger partial charge in [0.25, 0.3) is 0 Å². The number of aromatic nitrogens is 5. The van der Waals surface area contributed by atoms with E-state index in [2.05, 4.69) is 10.2 Å². The van der Waals surface area contributed by atoms with Gasteiger partial charge in [-0.2, -0.15) is 5.10 Å². The summed E-state index contributed by atoms with van der Waals surface area (Å²) in [5.74, 6) is 3.42. The number of hydrogen-bond acceptors (Lipinski definition) is 9. The predicted octanol–water partition coefficient (Wildman–Crippen LogP) is 4.59. The topological polar surface area (TPSA) is 103 Å². The lowest BCUT2D eigenvalue weighted by Crippen LogP contribution is -2.00. The molecule has 0 aliphatic rings. The molecule has 0 N–H and O–H groups in total. The van der Waals surface area contributed by atoms with Crippen LogP contribution in [0.2, 0.25) is 0 Å². The third kappa shape index (κ3) is 4.33. The highest BCUT2D eigenvalue weighted by molar-refractivity contribution is 5.90. The highest BCUT2D eigenvalue weighted by Crippen LogP contribution is 2.42. The molecule has 10 heteroatoms. The first-order chi connectivity index (χ1) is 18.1. The van der Waals surface area contributed by atoms with Crippen molar-refractivity contribution >= 4 is 11.2 Å². The Bertz CT molecular complexity index is 1520. The largest absolute Gasteiger partial charge is 0.497 e. The van der Waals surface area contributed by atoms with Gasteiger partial charge in [0, 0.05) is 11.1 Å². The Balaban J connectivity index is 1.74. The van der Waals surface area contributed by atoms with Gasteiger partial charge in [0.05, 0.1) is 41.2 Å². The molecule has 2 aromatic heterocycles. The normalized spacial score (nSPS) is 10.8. The van der Waals surface area contributed by atoms with Crippen molar-refractivity contribution in [1.82, 2.24) is 25.0 Å². The average Bonchev–Trinajstić information content (AvgIpc) is 3.35. The van der Waals surface area contributed by atoms with E-state index in [0.29, 0.717) is 45.5 Å². The van der Waals surface area contributed by atoms with Crippen LogP contribution in [0.1, 0.15) is 0 Å². The molecule has 0 bridgehead atoms. The Kier molecular flexibility index (Phi) is 6.46. The monoisotopic (exact) mass is 499 g/mol. The summed E-state index contributed by atoms with van der Waals surface area (Å²) in [5, 5.41) is 13.8. The minimum Gasteiger partial charge on any atom is -0.497 e. The van der Waals surface area contributed by atoms with E-state index >= 15 is 0 Å². The molecule has 5 aromatic rings. The van der Waals surface area contributed by atoms with Crippen LogP contribution in [0.25, 0.3) is 39.5 Å². The van der Waals surface area contributed by atoms with E-state index in [-0.39, 0.29) is 0 Å². The van der Waals surface area contributed by atoms with E-state index in [4.69, 9.17) is 33.8 Å². The molecular formula is C27H25N5O5. The van der Waals surface area contributed by atoms with Crippen molar-refractivity contribution in [3.05, 3.63) is 60.7 Å². The van der Waals surface area contributed by atoms with E-state index < -0.39 is 0 Å². The fourth-order valence-electron chi connectivity index (χ4n) is 3.99. The summed E-state index contributed by atoms with van der Waals surface area (Å²) in [4.78, 5) is 4.88. The van der Waals surface area contributed by atoms with Crippen molar-refractivity contribution in [3.63, 3.8) is 0 Å². The fraction of sp³-hybridized carbons (Fsp3) is 0.185. The van der Waals surface area contributed by atoms with Gasteiger partial charge in [0.15, 0.2) is 17.3 Å².